The van der Waals surface area contributed by atoms with Crippen LogP contribution in [-0.4, -0.2) is 36.7 Å². The lowest BCUT2D eigenvalue weighted by atomic mass is 10.1. The van der Waals surface area contributed by atoms with E-state index >= 15 is 0 Å². The zero-order chi connectivity index (χ0) is 21.8. The summed E-state index contributed by atoms with van der Waals surface area (Å²) in [7, 11) is -3.48. The van der Waals surface area contributed by atoms with Gasteiger partial charge in [0.1, 0.15) is 0 Å². The smallest absolute Gasteiger partial charge is 0.243 e. The molecule has 0 unspecified atom stereocenters. The molecule has 4 rings (SSSR count). The van der Waals surface area contributed by atoms with Gasteiger partial charge in [0.15, 0.2) is 5.13 Å². The van der Waals surface area contributed by atoms with Gasteiger partial charge in [-0.25, -0.2) is 13.4 Å². The van der Waals surface area contributed by atoms with Crippen LogP contribution in [-0.2, 0) is 21.2 Å². The molecule has 0 aliphatic carbocycles. The van der Waals surface area contributed by atoms with Crippen LogP contribution in [0.1, 0.15) is 30.5 Å². The van der Waals surface area contributed by atoms with E-state index in [2.05, 4.69) is 4.98 Å². The molecule has 2 aromatic carbocycles. The predicted molar refractivity (Wildman–Crippen MR) is 123 cm³/mol. The van der Waals surface area contributed by atoms with Crippen molar-refractivity contribution >= 4 is 38.1 Å². The van der Waals surface area contributed by atoms with E-state index in [-0.39, 0.29) is 17.2 Å². The lowest BCUT2D eigenvalue weighted by Crippen LogP contribution is -2.35. The highest BCUT2D eigenvalue weighted by Gasteiger charge is 2.26. The largest absolute Gasteiger partial charge is 0.274 e. The van der Waals surface area contributed by atoms with Crippen LogP contribution in [0, 0.1) is 6.92 Å². The number of nitrogens with zero attached hydrogens (tertiary/aromatic N) is 3. The molecule has 6 nitrogen and oxygen atoms in total. The summed E-state index contributed by atoms with van der Waals surface area (Å²) in [5.74, 6) is -0.118. The third kappa shape index (κ3) is 4.87. The zero-order valence-corrected chi connectivity index (χ0v) is 19.0. The van der Waals surface area contributed by atoms with Crippen molar-refractivity contribution < 1.29 is 13.2 Å². The van der Waals surface area contributed by atoms with Gasteiger partial charge in [-0.3, -0.25) is 9.69 Å². The number of aromatic nitrogens is 1. The second kappa shape index (κ2) is 9.30. The minimum absolute atomic E-state index is 0.118. The molecule has 162 valence electrons. The maximum Gasteiger partial charge on any atom is 0.243 e. The molecule has 0 bridgehead atoms. The lowest BCUT2D eigenvalue weighted by molar-refractivity contribution is -0.117. The molecule has 0 saturated carbocycles. The number of piperidine rings is 1. The first-order valence-electron chi connectivity index (χ1n) is 10.3. The number of anilines is 2. The second-order valence-corrected chi connectivity index (χ2v) is 10.4. The van der Waals surface area contributed by atoms with Gasteiger partial charge in [-0.15, -0.1) is 11.3 Å². The summed E-state index contributed by atoms with van der Waals surface area (Å²) in [6, 6.07) is 16.1. The Hall–Kier alpha value is -2.55. The number of para-hydroxylation sites is 1. The SMILES string of the molecule is Cc1csc(N(C(=O)Cc2ccc(S(=O)(=O)N3CCCCC3)cc2)c2ccccc2)n1. The lowest BCUT2D eigenvalue weighted by Gasteiger charge is -2.26. The van der Waals surface area contributed by atoms with Crippen molar-refractivity contribution in [2.45, 2.75) is 37.5 Å². The third-order valence-corrected chi connectivity index (χ3v) is 8.15. The highest BCUT2D eigenvalue weighted by Crippen LogP contribution is 2.29. The normalized spacial score (nSPS) is 15.0. The number of thiazole rings is 1. The molecule has 2 heterocycles. The number of benzene rings is 2. The predicted octanol–water partition coefficient (Wildman–Crippen LogP) is 4.53. The molecule has 0 atom stereocenters. The molecule has 1 aliphatic rings. The minimum atomic E-state index is -3.48. The number of aryl methyl sites for hydroxylation is 1. The molecule has 1 aromatic heterocycles. The van der Waals surface area contributed by atoms with Crippen LogP contribution in [0.25, 0.3) is 0 Å². The van der Waals surface area contributed by atoms with Crippen LogP contribution in [0.15, 0.2) is 64.9 Å². The van der Waals surface area contributed by atoms with E-state index in [1.807, 2.05) is 42.6 Å². The van der Waals surface area contributed by atoms with E-state index in [1.54, 1.807) is 33.5 Å². The Morgan fingerprint density at radius 2 is 1.71 bits per heavy atom. The number of sulfonamides is 1. The van der Waals surface area contributed by atoms with Crippen LogP contribution in [0.4, 0.5) is 10.8 Å². The fraction of sp³-hybridized carbons (Fsp3) is 0.304. The first kappa shape index (κ1) is 21.7. The molecular weight excluding hydrogens is 430 g/mol. The molecule has 31 heavy (non-hydrogen) atoms. The molecule has 1 saturated heterocycles. The van der Waals surface area contributed by atoms with Gasteiger partial charge in [0, 0.05) is 18.5 Å². The highest BCUT2D eigenvalue weighted by atomic mass is 32.2. The van der Waals surface area contributed by atoms with Crippen molar-refractivity contribution in [3.63, 3.8) is 0 Å². The topological polar surface area (TPSA) is 70.6 Å². The standard InChI is InChI=1S/C23H25N3O3S2/c1-18-17-30-23(24-18)26(20-8-4-2-5-9-20)22(27)16-19-10-12-21(13-11-19)31(28,29)25-14-6-3-7-15-25/h2,4-5,8-13,17H,3,6-7,14-16H2,1H3. The van der Waals surface area contributed by atoms with Gasteiger partial charge in [0.25, 0.3) is 0 Å². The molecule has 0 radical (unpaired) electrons. The molecule has 3 aromatic rings. The summed E-state index contributed by atoms with van der Waals surface area (Å²) in [5.41, 5.74) is 2.38. The summed E-state index contributed by atoms with van der Waals surface area (Å²) >= 11 is 1.42. The number of amides is 1. The fourth-order valence-corrected chi connectivity index (χ4v) is 6.02. The quantitative estimate of drug-likeness (QED) is 0.547. The number of carbonyl (C=O) groups excluding carboxylic acids is 1. The van der Waals surface area contributed by atoms with Crippen LogP contribution in [0.3, 0.4) is 0 Å². The average molecular weight is 456 g/mol. The van der Waals surface area contributed by atoms with Gasteiger partial charge in [-0.2, -0.15) is 4.31 Å². The summed E-state index contributed by atoms with van der Waals surface area (Å²) in [5, 5.41) is 2.54. The first-order valence-corrected chi connectivity index (χ1v) is 12.7. The summed E-state index contributed by atoms with van der Waals surface area (Å²) in [6.07, 6.45) is 3.02. The van der Waals surface area contributed by atoms with Crippen molar-refractivity contribution in [3.8, 4) is 0 Å². The van der Waals surface area contributed by atoms with Crippen molar-refractivity contribution in [1.29, 1.82) is 0 Å². The molecule has 1 aliphatic heterocycles. The molecule has 1 fully saturated rings. The van der Waals surface area contributed by atoms with E-state index < -0.39 is 10.0 Å². The Balaban J connectivity index is 1.54. The third-order valence-electron chi connectivity index (χ3n) is 5.29. The average Bonchev–Trinajstić information content (AvgIpc) is 3.21. The number of carbonyl (C=O) groups is 1. The summed E-state index contributed by atoms with van der Waals surface area (Å²) < 4.78 is 27.2. The minimum Gasteiger partial charge on any atom is -0.274 e. The van der Waals surface area contributed by atoms with Crippen LogP contribution >= 0.6 is 11.3 Å². The van der Waals surface area contributed by atoms with Crippen LogP contribution in [0.2, 0.25) is 0 Å². The van der Waals surface area contributed by atoms with E-state index in [9.17, 15) is 13.2 Å². The van der Waals surface area contributed by atoms with E-state index in [4.69, 9.17) is 0 Å². The summed E-state index contributed by atoms with van der Waals surface area (Å²) in [6.45, 7) is 3.04. The Kier molecular flexibility index (Phi) is 6.50. The fourth-order valence-electron chi connectivity index (χ4n) is 3.67. The first-order chi connectivity index (χ1) is 14.9. The molecule has 0 spiro atoms. The van der Waals surface area contributed by atoms with Gasteiger partial charge in [-0.05, 0) is 49.6 Å². The second-order valence-electron chi connectivity index (χ2n) is 7.62. The van der Waals surface area contributed by atoms with E-state index in [1.165, 1.54) is 11.3 Å². The van der Waals surface area contributed by atoms with Gasteiger partial charge < -0.3 is 0 Å². The monoisotopic (exact) mass is 455 g/mol. The Morgan fingerprint density at radius 1 is 1.03 bits per heavy atom. The van der Waals surface area contributed by atoms with Gasteiger partial charge in [-0.1, -0.05) is 36.8 Å². The van der Waals surface area contributed by atoms with Gasteiger partial charge >= 0.3 is 0 Å². The van der Waals surface area contributed by atoms with Crippen molar-refractivity contribution in [1.82, 2.24) is 9.29 Å². The maximum absolute atomic E-state index is 13.2. The number of rotatable bonds is 6. The molecule has 0 N–H and O–H groups in total. The highest BCUT2D eigenvalue weighted by molar-refractivity contribution is 7.89. The van der Waals surface area contributed by atoms with Gasteiger partial charge in [0.2, 0.25) is 15.9 Å². The Labute approximate surface area is 187 Å². The number of hydrogen-bond acceptors (Lipinski definition) is 5. The van der Waals surface area contributed by atoms with E-state index in [0.29, 0.717) is 18.2 Å². The maximum atomic E-state index is 13.2. The zero-order valence-electron chi connectivity index (χ0n) is 17.4. The molecule has 1 amide bonds. The molecular formula is C23H25N3O3S2. The van der Waals surface area contributed by atoms with Crippen molar-refractivity contribution in [2.75, 3.05) is 18.0 Å². The van der Waals surface area contributed by atoms with E-state index in [0.717, 1.165) is 36.2 Å². The Bertz CT molecular complexity index is 1140. The van der Waals surface area contributed by atoms with Crippen LogP contribution in [0.5, 0.6) is 0 Å². The molecule has 8 heteroatoms. The van der Waals surface area contributed by atoms with Crippen molar-refractivity contribution in [3.05, 3.63) is 71.2 Å². The van der Waals surface area contributed by atoms with Crippen LogP contribution < -0.4 is 4.90 Å². The number of hydrogen-bond donors (Lipinski definition) is 0. The Morgan fingerprint density at radius 3 is 2.32 bits per heavy atom. The van der Waals surface area contributed by atoms with Crippen molar-refractivity contribution in [2.24, 2.45) is 0 Å². The van der Waals surface area contributed by atoms with Gasteiger partial charge in [0.05, 0.1) is 22.7 Å². The summed E-state index contributed by atoms with van der Waals surface area (Å²) in [4.78, 5) is 19.6.